The first-order chi connectivity index (χ1) is 26.2. The zero-order chi connectivity index (χ0) is 40.0. The number of carboxylic acids is 1. The number of aryl methyl sites for hydroxylation is 1. The van der Waals surface area contributed by atoms with Gasteiger partial charge in [-0.1, -0.05) is 55.4 Å². The fourth-order valence-electron chi connectivity index (χ4n) is 16.8. The van der Waals surface area contributed by atoms with Crippen molar-refractivity contribution in [1.82, 2.24) is 14.5 Å². The second kappa shape index (κ2) is 12.6. The Balaban J connectivity index is 0.977. The summed E-state index contributed by atoms with van der Waals surface area (Å²) >= 11 is 0. The summed E-state index contributed by atoms with van der Waals surface area (Å²) in [5.41, 5.74) is 1.16. The van der Waals surface area contributed by atoms with Crippen molar-refractivity contribution in [2.24, 2.45) is 79.3 Å². The number of fused-ring (bicyclic) bond motifs is 7. The maximum Gasteiger partial charge on any atom is 0.309 e. The molecule has 1 amide bonds. The number of carbonyl (C=O) groups is 3. The van der Waals surface area contributed by atoms with Crippen LogP contribution in [-0.4, -0.2) is 56.1 Å². The van der Waals surface area contributed by atoms with Gasteiger partial charge in [0.15, 0.2) is 0 Å². The summed E-state index contributed by atoms with van der Waals surface area (Å²) in [7, 11) is 0. The van der Waals surface area contributed by atoms with E-state index < -0.39 is 17.3 Å². The van der Waals surface area contributed by atoms with Gasteiger partial charge in [0.2, 0.25) is 5.91 Å². The number of carboxylic acid groups (broad SMARTS) is 1. The summed E-state index contributed by atoms with van der Waals surface area (Å²) in [5.74, 6) is 1.45. The van der Waals surface area contributed by atoms with Crippen LogP contribution in [0, 0.1) is 86.3 Å². The van der Waals surface area contributed by atoms with Crippen molar-refractivity contribution in [3.05, 3.63) is 18.2 Å². The van der Waals surface area contributed by atoms with E-state index in [1.165, 1.54) is 44.2 Å². The average Bonchev–Trinajstić information content (AvgIpc) is 3.43. The minimum Gasteiger partial charge on any atom is -0.481 e. The monoisotopic (exact) mass is 772 g/mol. The van der Waals surface area contributed by atoms with Gasteiger partial charge in [-0.2, -0.15) is 0 Å². The first-order valence-corrected chi connectivity index (χ1v) is 23.0. The molecule has 8 aliphatic rings. The molecule has 0 spiro atoms. The van der Waals surface area contributed by atoms with Crippen molar-refractivity contribution in [1.29, 1.82) is 0 Å². The van der Waals surface area contributed by atoms with Crippen molar-refractivity contribution in [3.8, 4) is 0 Å². The Morgan fingerprint density at radius 3 is 2.20 bits per heavy atom. The van der Waals surface area contributed by atoms with Gasteiger partial charge in [-0.25, -0.2) is 4.98 Å². The molecule has 1 N–H and O–H groups in total. The van der Waals surface area contributed by atoms with Crippen LogP contribution in [0.3, 0.4) is 0 Å². The number of esters is 1. The highest BCUT2D eigenvalue weighted by Crippen LogP contribution is 2.79. The average molecular weight is 772 g/mol. The molecule has 1 aliphatic heterocycles. The van der Waals surface area contributed by atoms with Crippen molar-refractivity contribution in [2.75, 3.05) is 6.54 Å². The Bertz CT molecular complexity index is 1780. The van der Waals surface area contributed by atoms with Crippen molar-refractivity contribution < 1.29 is 24.2 Å². The van der Waals surface area contributed by atoms with E-state index in [-0.39, 0.29) is 51.1 Å². The van der Waals surface area contributed by atoms with Crippen molar-refractivity contribution in [3.63, 3.8) is 0 Å². The smallest absolute Gasteiger partial charge is 0.309 e. The number of aromatic nitrogens is 2. The number of nitrogens with zero attached hydrogens (tertiary/aromatic N) is 3. The number of ether oxygens (including phenoxy) is 1. The third-order valence-electron chi connectivity index (χ3n) is 20.8. The van der Waals surface area contributed by atoms with Crippen LogP contribution in [0.2, 0.25) is 0 Å². The number of hydrogen-bond donors (Lipinski definition) is 1. The summed E-state index contributed by atoms with van der Waals surface area (Å²) in [6.07, 6.45) is 20.3. The molecule has 0 radical (unpaired) electrons. The molecular formula is C48H73N3O5. The van der Waals surface area contributed by atoms with Gasteiger partial charge in [-0.05, 0) is 160 Å². The molecule has 8 fully saturated rings. The van der Waals surface area contributed by atoms with Crippen LogP contribution < -0.4 is 0 Å². The molecule has 0 aromatic carbocycles. The highest BCUT2D eigenvalue weighted by Gasteiger charge is 2.74. The lowest BCUT2D eigenvalue weighted by Crippen LogP contribution is -2.68. The third-order valence-corrected chi connectivity index (χ3v) is 20.8. The lowest BCUT2D eigenvalue weighted by molar-refractivity contribution is -0.253. The second-order valence-corrected chi connectivity index (χ2v) is 23.4. The Morgan fingerprint density at radius 1 is 0.786 bits per heavy atom. The summed E-state index contributed by atoms with van der Waals surface area (Å²) in [4.78, 5) is 47.8. The van der Waals surface area contributed by atoms with E-state index in [4.69, 9.17) is 4.74 Å². The maximum atomic E-state index is 15.5. The predicted molar refractivity (Wildman–Crippen MR) is 216 cm³/mol. The van der Waals surface area contributed by atoms with Gasteiger partial charge >= 0.3 is 11.9 Å². The fourth-order valence-corrected chi connectivity index (χ4v) is 16.8. The van der Waals surface area contributed by atoms with E-state index in [0.717, 1.165) is 64.5 Å². The minimum atomic E-state index is -0.807. The topological polar surface area (TPSA) is 102 Å². The van der Waals surface area contributed by atoms with Gasteiger partial charge < -0.3 is 19.3 Å². The molecule has 9 rings (SSSR count). The molecule has 1 saturated heterocycles. The van der Waals surface area contributed by atoms with Gasteiger partial charge in [0.1, 0.15) is 6.10 Å². The van der Waals surface area contributed by atoms with Crippen LogP contribution in [0.5, 0.6) is 0 Å². The lowest BCUT2D eigenvalue weighted by atomic mass is 9.32. The molecule has 1 aromatic rings. The SMILES string of the molecule is Cc1cncn1C[C@@H]1CCCN1C(=O)[C@]12CC[C@@H](C3(C)CC3)[C@@H]1C1CC[C@@H]3[C@@]4(C)CC[C@H](OC(=O)[C@H]5CC(C(=O)O)C5(C)C)C(C)(C)[C@@H]4CC[C@@]3(C)[C@]1(C)CC2. The summed E-state index contributed by atoms with van der Waals surface area (Å²) in [6.45, 7) is 23.1. The van der Waals surface area contributed by atoms with E-state index in [9.17, 15) is 14.7 Å². The highest BCUT2D eigenvalue weighted by molar-refractivity contribution is 5.84. The van der Waals surface area contributed by atoms with E-state index in [0.29, 0.717) is 47.3 Å². The zero-order valence-electron chi connectivity index (χ0n) is 36.3. The zero-order valence-corrected chi connectivity index (χ0v) is 36.3. The first-order valence-electron chi connectivity index (χ1n) is 23.0. The normalized spacial score (nSPS) is 46.7. The molecule has 7 saturated carbocycles. The quantitative estimate of drug-likeness (QED) is 0.277. The van der Waals surface area contributed by atoms with Crippen LogP contribution >= 0.6 is 0 Å². The minimum absolute atomic E-state index is 0.143. The van der Waals surface area contributed by atoms with Gasteiger partial charge in [-0.15, -0.1) is 0 Å². The second-order valence-electron chi connectivity index (χ2n) is 23.4. The molecule has 56 heavy (non-hydrogen) atoms. The van der Waals surface area contributed by atoms with E-state index in [1.54, 1.807) is 0 Å². The molecule has 8 heteroatoms. The van der Waals surface area contributed by atoms with Crippen LogP contribution in [0.4, 0.5) is 0 Å². The van der Waals surface area contributed by atoms with E-state index in [2.05, 4.69) is 62.9 Å². The van der Waals surface area contributed by atoms with Gasteiger partial charge in [-0.3, -0.25) is 14.4 Å². The molecule has 8 nitrogen and oxygen atoms in total. The maximum absolute atomic E-state index is 15.5. The highest BCUT2D eigenvalue weighted by atomic mass is 16.5. The molecule has 2 unspecified atom stereocenters. The number of likely N-dealkylation sites (tertiary alicyclic amines) is 1. The van der Waals surface area contributed by atoms with E-state index >= 15 is 4.79 Å². The van der Waals surface area contributed by atoms with E-state index in [1.807, 2.05) is 26.4 Å². The number of rotatable bonds is 7. The Labute approximate surface area is 337 Å². The molecule has 2 heterocycles. The molecule has 310 valence electrons. The lowest BCUT2D eigenvalue weighted by Gasteiger charge is -2.73. The third kappa shape index (κ3) is 5.19. The number of hydrogen-bond acceptors (Lipinski definition) is 5. The first kappa shape index (κ1) is 39.1. The van der Waals surface area contributed by atoms with Gasteiger partial charge in [0.05, 0.1) is 23.6 Å². The van der Waals surface area contributed by atoms with Crippen molar-refractivity contribution in [2.45, 2.75) is 177 Å². The fraction of sp³-hybridized carbons (Fsp3) is 0.875. The number of aliphatic carboxylic acids is 1. The summed E-state index contributed by atoms with van der Waals surface area (Å²) in [5, 5.41) is 9.70. The standard InChI is InChI=1S/C48H73N3O5/c1-29-26-49-28-50(29)27-30-11-10-24-51(30)41(55)48-19-14-31(44(6)20-21-44)38(48)32-12-13-36-45(7)17-16-37(56-40(54)34-25-33(39(52)53)42(34,2)3)43(4,5)35(45)15-18-47(36,9)46(32,8)22-23-48/h26,28,30-38H,10-25,27H2,1-9H3,(H,52,53)/t30-,31+,32?,33?,34+,35-,36+,37-,38+,45-,46+,47+,48-/m0/s1. The van der Waals surface area contributed by atoms with Crippen LogP contribution in [0.15, 0.2) is 12.5 Å². The van der Waals surface area contributed by atoms with Crippen LogP contribution in [0.1, 0.15) is 157 Å². The number of imidazole rings is 1. The molecular weight excluding hydrogens is 699 g/mol. The molecule has 7 aliphatic carbocycles. The number of carbonyl (C=O) groups excluding carboxylic acids is 2. The summed E-state index contributed by atoms with van der Waals surface area (Å²) < 4.78 is 8.74. The number of amides is 1. The van der Waals surface area contributed by atoms with Crippen LogP contribution in [0.25, 0.3) is 0 Å². The largest absolute Gasteiger partial charge is 0.481 e. The Morgan fingerprint density at radius 2 is 1.54 bits per heavy atom. The Kier molecular flexibility index (Phi) is 8.78. The van der Waals surface area contributed by atoms with Crippen molar-refractivity contribution >= 4 is 17.8 Å². The summed E-state index contributed by atoms with van der Waals surface area (Å²) in [6, 6.07) is 0.261. The molecule has 0 bridgehead atoms. The van der Waals surface area contributed by atoms with Crippen LogP contribution in [-0.2, 0) is 25.7 Å². The van der Waals surface area contributed by atoms with Gasteiger partial charge in [0.25, 0.3) is 0 Å². The Hall–Kier alpha value is -2.38. The predicted octanol–water partition coefficient (Wildman–Crippen LogP) is 9.72. The van der Waals surface area contributed by atoms with Gasteiger partial charge in [0, 0.05) is 36.4 Å². The molecule has 13 atom stereocenters. The molecule has 1 aromatic heterocycles.